The Morgan fingerprint density at radius 3 is 2.55 bits per heavy atom. The largest absolute Gasteiger partial charge is 0.491 e. The monoisotopic (exact) mass is 481 g/mol. The van der Waals surface area contributed by atoms with E-state index in [4.69, 9.17) is 9.47 Å². The number of nitrogens with one attached hydrogen (secondary N) is 1. The minimum atomic E-state index is -3.51. The third-order valence-electron chi connectivity index (χ3n) is 6.23. The van der Waals surface area contributed by atoms with E-state index >= 15 is 0 Å². The summed E-state index contributed by atoms with van der Waals surface area (Å²) in [7, 11) is -0.225. The lowest BCUT2D eigenvalue weighted by Gasteiger charge is -2.36. The van der Waals surface area contributed by atoms with Crippen LogP contribution in [0.3, 0.4) is 0 Å². The van der Waals surface area contributed by atoms with E-state index in [1.807, 2.05) is 18.7 Å². The van der Waals surface area contributed by atoms with Crippen LogP contribution in [0.25, 0.3) is 0 Å². The van der Waals surface area contributed by atoms with Crippen molar-refractivity contribution in [3.63, 3.8) is 0 Å². The summed E-state index contributed by atoms with van der Waals surface area (Å²) in [4.78, 5) is 29.7. The third-order valence-corrected chi connectivity index (χ3v) is 6.83. The fourth-order valence-electron chi connectivity index (χ4n) is 4.09. The Kier molecular flexibility index (Phi) is 7.89. The molecule has 0 radical (unpaired) electrons. The average molecular weight is 482 g/mol. The minimum absolute atomic E-state index is 0.00650. The summed E-state index contributed by atoms with van der Waals surface area (Å²) < 4.78 is 37.5. The fraction of sp³-hybridized carbons (Fsp3) is 0.652. The van der Waals surface area contributed by atoms with Crippen molar-refractivity contribution in [2.24, 2.45) is 11.8 Å². The van der Waals surface area contributed by atoms with Gasteiger partial charge in [0.25, 0.3) is 5.91 Å². The number of hydrogen-bond donors (Lipinski definition) is 1. The molecule has 1 N–H and O–H groups in total. The van der Waals surface area contributed by atoms with Crippen LogP contribution in [0.15, 0.2) is 18.2 Å². The molecule has 0 bridgehead atoms. The molecule has 3 rings (SSSR count). The van der Waals surface area contributed by atoms with E-state index in [1.165, 1.54) is 6.07 Å². The number of anilines is 1. The van der Waals surface area contributed by atoms with Crippen molar-refractivity contribution in [2.45, 2.75) is 45.3 Å². The molecular weight excluding hydrogens is 446 g/mol. The Hall–Kier alpha value is -2.33. The molecule has 3 atom stereocenters. The Bertz CT molecular complexity index is 978. The number of rotatable bonds is 5. The van der Waals surface area contributed by atoms with Crippen LogP contribution < -0.4 is 9.46 Å². The molecule has 0 unspecified atom stereocenters. The Labute approximate surface area is 196 Å². The molecule has 1 fully saturated rings. The summed E-state index contributed by atoms with van der Waals surface area (Å²) >= 11 is 0. The number of methoxy groups -OCH3 is 1. The van der Waals surface area contributed by atoms with Gasteiger partial charge in [0.05, 0.1) is 24.0 Å². The van der Waals surface area contributed by atoms with E-state index in [9.17, 15) is 18.0 Å². The number of fused-ring (bicyclic) bond motifs is 1. The maximum Gasteiger partial charge on any atom is 0.257 e. The topological polar surface area (TPSA) is 105 Å². The number of carbonyl (C=O) groups is 2. The molecule has 1 aliphatic carbocycles. The average Bonchev–Trinajstić information content (AvgIpc) is 3.55. The molecule has 1 aliphatic heterocycles. The van der Waals surface area contributed by atoms with Crippen molar-refractivity contribution in [2.75, 3.05) is 44.8 Å². The third kappa shape index (κ3) is 6.83. The lowest BCUT2D eigenvalue weighted by molar-refractivity contribution is -0.135. The summed E-state index contributed by atoms with van der Waals surface area (Å²) in [6, 6.07) is 4.41. The smallest absolute Gasteiger partial charge is 0.257 e. The molecular formula is C23H35N3O6S. The van der Waals surface area contributed by atoms with Gasteiger partial charge in [-0.2, -0.15) is 0 Å². The van der Waals surface area contributed by atoms with Gasteiger partial charge in [0.2, 0.25) is 15.9 Å². The van der Waals surface area contributed by atoms with Gasteiger partial charge in [-0.15, -0.1) is 0 Å². The summed E-state index contributed by atoms with van der Waals surface area (Å²) in [6.45, 7) is 5.01. The van der Waals surface area contributed by atoms with Crippen LogP contribution >= 0.6 is 0 Å². The maximum atomic E-state index is 13.3. The number of benzene rings is 1. The van der Waals surface area contributed by atoms with Gasteiger partial charge in [-0.3, -0.25) is 14.3 Å². The minimum Gasteiger partial charge on any atom is -0.491 e. The molecule has 1 saturated carbocycles. The molecule has 2 amide bonds. The second-order valence-electron chi connectivity index (χ2n) is 9.38. The Balaban J connectivity index is 1.94. The van der Waals surface area contributed by atoms with Gasteiger partial charge < -0.3 is 19.3 Å². The second-order valence-corrected chi connectivity index (χ2v) is 11.1. The van der Waals surface area contributed by atoms with Crippen LogP contribution in [0, 0.1) is 11.8 Å². The summed E-state index contributed by atoms with van der Waals surface area (Å²) in [5.41, 5.74) is 0.525. The van der Waals surface area contributed by atoms with Crippen molar-refractivity contribution in [3.05, 3.63) is 23.8 Å². The van der Waals surface area contributed by atoms with E-state index in [0.29, 0.717) is 31.2 Å². The SMILES string of the molecule is CO[C@@H]1CN(C)C(=O)c2cc(NS(C)(=O)=O)ccc2OC[C@@H](C)N(C(=O)CC2CC2)C[C@H]1C. The summed E-state index contributed by atoms with van der Waals surface area (Å²) in [6.07, 6.45) is 3.53. The van der Waals surface area contributed by atoms with Crippen molar-refractivity contribution in [1.29, 1.82) is 0 Å². The number of sulfonamides is 1. The number of likely N-dealkylation sites (N-methyl/N-ethyl adjacent to an activating group) is 1. The van der Waals surface area contributed by atoms with E-state index in [-0.39, 0.29) is 47.7 Å². The molecule has 0 saturated heterocycles. The zero-order valence-corrected chi connectivity index (χ0v) is 20.9. The fourth-order valence-corrected chi connectivity index (χ4v) is 4.64. The van der Waals surface area contributed by atoms with E-state index in [0.717, 1.165) is 19.1 Å². The second kappa shape index (κ2) is 10.3. The standard InChI is InChI=1S/C23H35N3O6S/c1-15-12-26(22(27)10-17-6-7-17)16(2)14-32-20-9-8-18(24-33(5,29)30)11-19(20)23(28)25(3)13-21(15)31-4/h8-9,11,15-17,21,24H,6-7,10,12-14H2,1-5H3/t15-,16-,21-/m1/s1. The van der Waals surface area contributed by atoms with Crippen LogP contribution in [-0.4, -0.2) is 82.3 Å². The highest BCUT2D eigenvalue weighted by Crippen LogP contribution is 2.33. The molecule has 0 spiro atoms. The predicted octanol–water partition coefficient (Wildman–Crippen LogP) is 2.19. The molecule has 1 heterocycles. The molecule has 1 aromatic rings. The highest BCUT2D eigenvalue weighted by molar-refractivity contribution is 7.92. The molecule has 10 heteroatoms. The first-order valence-electron chi connectivity index (χ1n) is 11.3. The number of carbonyl (C=O) groups excluding carboxylic acids is 2. The van der Waals surface area contributed by atoms with Crippen molar-refractivity contribution in [1.82, 2.24) is 9.80 Å². The van der Waals surface area contributed by atoms with Crippen molar-refractivity contribution in [3.8, 4) is 5.75 Å². The first-order valence-corrected chi connectivity index (χ1v) is 13.2. The van der Waals surface area contributed by atoms with Gasteiger partial charge in [-0.05, 0) is 43.9 Å². The Morgan fingerprint density at radius 1 is 1.24 bits per heavy atom. The maximum absolute atomic E-state index is 13.3. The van der Waals surface area contributed by atoms with Gasteiger partial charge in [-0.1, -0.05) is 6.92 Å². The van der Waals surface area contributed by atoms with Gasteiger partial charge in [-0.25, -0.2) is 8.42 Å². The quantitative estimate of drug-likeness (QED) is 0.691. The molecule has 2 aliphatic rings. The van der Waals surface area contributed by atoms with Crippen LogP contribution in [-0.2, 0) is 19.6 Å². The zero-order valence-electron chi connectivity index (χ0n) is 20.0. The van der Waals surface area contributed by atoms with Gasteiger partial charge in [0.1, 0.15) is 12.4 Å². The first kappa shape index (κ1) is 25.3. The number of hydrogen-bond acceptors (Lipinski definition) is 6. The molecule has 1 aromatic carbocycles. The van der Waals surface area contributed by atoms with E-state index in [1.54, 1.807) is 31.2 Å². The molecule has 33 heavy (non-hydrogen) atoms. The lowest BCUT2D eigenvalue weighted by Crippen LogP contribution is -2.48. The van der Waals surface area contributed by atoms with Gasteiger partial charge >= 0.3 is 0 Å². The normalized spacial score (nSPS) is 24.9. The molecule has 9 nitrogen and oxygen atoms in total. The van der Waals surface area contributed by atoms with Crippen molar-refractivity contribution >= 4 is 27.5 Å². The van der Waals surface area contributed by atoms with Crippen LogP contribution in [0.4, 0.5) is 5.69 Å². The predicted molar refractivity (Wildman–Crippen MR) is 126 cm³/mol. The number of nitrogens with zero attached hydrogens (tertiary/aromatic N) is 2. The summed E-state index contributed by atoms with van der Waals surface area (Å²) in [5, 5.41) is 0. The van der Waals surface area contributed by atoms with Gasteiger partial charge in [0.15, 0.2) is 0 Å². The molecule has 184 valence electrons. The highest BCUT2D eigenvalue weighted by atomic mass is 32.2. The number of amides is 2. The highest BCUT2D eigenvalue weighted by Gasteiger charge is 2.33. The Morgan fingerprint density at radius 2 is 1.94 bits per heavy atom. The van der Waals surface area contributed by atoms with E-state index in [2.05, 4.69) is 4.72 Å². The van der Waals surface area contributed by atoms with Crippen molar-refractivity contribution < 1.29 is 27.5 Å². The number of ether oxygens (including phenoxy) is 2. The van der Waals surface area contributed by atoms with Gasteiger partial charge in [0, 0.05) is 45.3 Å². The van der Waals surface area contributed by atoms with E-state index < -0.39 is 10.0 Å². The van der Waals surface area contributed by atoms with Crippen LogP contribution in [0.5, 0.6) is 5.75 Å². The van der Waals surface area contributed by atoms with Crippen LogP contribution in [0.2, 0.25) is 0 Å². The zero-order chi connectivity index (χ0) is 24.3. The lowest BCUT2D eigenvalue weighted by atomic mass is 10.0. The van der Waals surface area contributed by atoms with Crippen LogP contribution in [0.1, 0.15) is 43.5 Å². The summed E-state index contributed by atoms with van der Waals surface area (Å²) in [5.74, 6) is 0.629. The first-order chi connectivity index (χ1) is 15.5. The molecule has 0 aromatic heterocycles.